The number of piperazine rings is 1. The first-order valence-electron chi connectivity index (χ1n) is 9.05. The molecule has 0 N–H and O–H groups in total. The fourth-order valence-corrected chi connectivity index (χ4v) is 3.19. The topological polar surface area (TPSA) is 42.0 Å². The highest BCUT2D eigenvalue weighted by Crippen LogP contribution is 2.36. The van der Waals surface area contributed by atoms with E-state index in [1.54, 1.807) is 0 Å². The van der Waals surface area contributed by atoms with E-state index in [2.05, 4.69) is 11.9 Å². The zero-order chi connectivity index (χ0) is 18.4. The van der Waals surface area contributed by atoms with Crippen LogP contribution in [0.1, 0.15) is 43.6 Å². The highest BCUT2D eigenvalue weighted by atomic mass is 16.7. The Hall–Kier alpha value is -1.37. The number of carbonyl (C=O) groups excluding carboxylic acids is 1. The molecule has 0 aromatic heterocycles. The molecule has 2 aliphatic rings. The van der Waals surface area contributed by atoms with E-state index in [1.807, 2.05) is 57.7 Å². The summed E-state index contributed by atoms with van der Waals surface area (Å²) >= 11 is 0. The summed E-state index contributed by atoms with van der Waals surface area (Å²) in [7, 11) is 1.65. The van der Waals surface area contributed by atoms with Crippen molar-refractivity contribution in [2.75, 3.05) is 33.2 Å². The van der Waals surface area contributed by atoms with Gasteiger partial charge in [0, 0.05) is 31.7 Å². The van der Waals surface area contributed by atoms with Crippen LogP contribution >= 0.6 is 0 Å². The van der Waals surface area contributed by atoms with E-state index in [0.29, 0.717) is 5.56 Å². The largest absolute Gasteiger partial charge is 0.495 e. The van der Waals surface area contributed by atoms with Gasteiger partial charge in [-0.15, -0.1) is 0 Å². The molecule has 25 heavy (non-hydrogen) atoms. The first kappa shape index (κ1) is 18.4. The van der Waals surface area contributed by atoms with Crippen molar-refractivity contribution in [3.05, 3.63) is 29.3 Å². The molecule has 1 amide bonds. The maximum atomic E-state index is 12.9. The second kappa shape index (κ2) is 6.42. The average molecular weight is 344 g/mol. The number of rotatable bonds is 2. The lowest BCUT2D eigenvalue weighted by atomic mass is 9.75. The van der Waals surface area contributed by atoms with Crippen molar-refractivity contribution >= 4 is 18.5 Å². The predicted molar refractivity (Wildman–Crippen MR) is 100 cm³/mol. The summed E-state index contributed by atoms with van der Waals surface area (Å²) in [6.07, 6.45) is 0. The van der Waals surface area contributed by atoms with Crippen molar-refractivity contribution in [3.63, 3.8) is 0 Å². The molecule has 0 radical (unpaired) electrons. The standard InChI is InChI=1S/C19H29BN2O3/c1-14-7-8-15(17(23)22-11-9-21(6)10-12-22)13-16(14)20-24-18(2,3)19(4,5)25-20/h7-8,13H,9-12H2,1-6H3. The second-order valence-corrected chi connectivity index (χ2v) is 8.26. The second-order valence-electron chi connectivity index (χ2n) is 8.26. The molecular formula is C19H29BN2O3. The van der Waals surface area contributed by atoms with Crippen LogP contribution in [0.15, 0.2) is 18.2 Å². The molecule has 136 valence electrons. The number of nitrogens with zero attached hydrogens (tertiary/aromatic N) is 2. The minimum atomic E-state index is -0.440. The lowest BCUT2D eigenvalue weighted by molar-refractivity contribution is 0.00578. The van der Waals surface area contributed by atoms with Crippen LogP contribution in [0.5, 0.6) is 0 Å². The van der Waals surface area contributed by atoms with Gasteiger partial charge < -0.3 is 19.1 Å². The first-order chi connectivity index (χ1) is 11.6. The SMILES string of the molecule is Cc1ccc(C(=O)N2CCN(C)CC2)cc1B1OC(C)(C)C(C)(C)O1. The molecule has 0 bridgehead atoms. The Morgan fingerprint density at radius 3 is 2.16 bits per heavy atom. The minimum Gasteiger partial charge on any atom is -0.399 e. The fraction of sp³-hybridized carbons (Fsp3) is 0.632. The van der Waals surface area contributed by atoms with E-state index >= 15 is 0 Å². The van der Waals surface area contributed by atoms with Crippen LogP contribution in [-0.4, -0.2) is 67.3 Å². The van der Waals surface area contributed by atoms with E-state index in [4.69, 9.17) is 9.31 Å². The van der Waals surface area contributed by atoms with Gasteiger partial charge >= 0.3 is 7.12 Å². The van der Waals surface area contributed by atoms with Crippen LogP contribution in [0.25, 0.3) is 0 Å². The zero-order valence-electron chi connectivity index (χ0n) is 16.3. The van der Waals surface area contributed by atoms with Crippen LogP contribution in [-0.2, 0) is 9.31 Å². The molecule has 0 spiro atoms. The van der Waals surface area contributed by atoms with E-state index in [0.717, 1.165) is 37.2 Å². The molecule has 2 heterocycles. The summed E-state index contributed by atoms with van der Waals surface area (Å²) in [5.41, 5.74) is 1.95. The van der Waals surface area contributed by atoms with Gasteiger partial charge in [0.05, 0.1) is 11.2 Å². The van der Waals surface area contributed by atoms with Gasteiger partial charge in [0.25, 0.3) is 5.91 Å². The predicted octanol–water partition coefficient (Wildman–Crippen LogP) is 1.68. The van der Waals surface area contributed by atoms with Crippen LogP contribution < -0.4 is 5.46 Å². The van der Waals surface area contributed by atoms with Gasteiger partial charge in [-0.2, -0.15) is 0 Å². The number of aryl methyl sites for hydroxylation is 1. The molecule has 2 saturated heterocycles. The van der Waals surface area contributed by atoms with Crippen molar-refractivity contribution in [2.24, 2.45) is 0 Å². The van der Waals surface area contributed by atoms with Gasteiger partial charge in [-0.05, 0) is 59.3 Å². The van der Waals surface area contributed by atoms with Crippen molar-refractivity contribution in [2.45, 2.75) is 45.8 Å². The van der Waals surface area contributed by atoms with Crippen molar-refractivity contribution in [1.29, 1.82) is 0 Å². The van der Waals surface area contributed by atoms with Crippen molar-refractivity contribution in [3.8, 4) is 0 Å². The third-order valence-corrected chi connectivity index (χ3v) is 5.82. The Kier molecular flexibility index (Phi) is 4.73. The van der Waals surface area contributed by atoms with Crippen LogP contribution in [0.3, 0.4) is 0 Å². The molecule has 0 unspecified atom stereocenters. The maximum absolute atomic E-state index is 12.9. The van der Waals surface area contributed by atoms with E-state index < -0.39 is 7.12 Å². The summed E-state index contributed by atoms with van der Waals surface area (Å²) in [4.78, 5) is 17.0. The summed E-state index contributed by atoms with van der Waals surface area (Å²) in [6.45, 7) is 13.6. The van der Waals surface area contributed by atoms with Gasteiger partial charge in [0.2, 0.25) is 0 Å². The Morgan fingerprint density at radius 1 is 1.04 bits per heavy atom. The van der Waals surface area contributed by atoms with E-state index in [-0.39, 0.29) is 17.1 Å². The number of likely N-dealkylation sites (N-methyl/N-ethyl adjacent to an activating group) is 1. The third-order valence-electron chi connectivity index (χ3n) is 5.82. The molecular weight excluding hydrogens is 315 g/mol. The van der Waals surface area contributed by atoms with E-state index in [1.165, 1.54) is 0 Å². The molecule has 3 rings (SSSR count). The Morgan fingerprint density at radius 2 is 1.60 bits per heavy atom. The zero-order valence-corrected chi connectivity index (χ0v) is 16.3. The molecule has 2 aliphatic heterocycles. The highest BCUT2D eigenvalue weighted by Gasteiger charge is 2.52. The summed E-state index contributed by atoms with van der Waals surface area (Å²) in [6, 6.07) is 5.84. The van der Waals surface area contributed by atoms with Gasteiger partial charge in [-0.25, -0.2) is 0 Å². The molecule has 6 heteroatoms. The molecule has 0 atom stereocenters. The lowest BCUT2D eigenvalue weighted by Crippen LogP contribution is -2.47. The molecule has 1 aromatic carbocycles. The number of hydrogen-bond acceptors (Lipinski definition) is 4. The normalized spacial score (nSPS) is 23.1. The third kappa shape index (κ3) is 3.48. The van der Waals surface area contributed by atoms with Crippen molar-refractivity contribution in [1.82, 2.24) is 9.80 Å². The summed E-state index contributed by atoms with van der Waals surface area (Å²) in [5.74, 6) is 0.0888. The monoisotopic (exact) mass is 344 g/mol. The lowest BCUT2D eigenvalue weighted by Gasteiger charge is -2.32. The average Bonchev–Trinajstić information content (AvgIpc) is 2.76. The molecule has 0 aliphatic carbocycles. The first-order valence-corrected chi connectivity index (χ1v) is 9.05. The van der Waals surface area contributed by atoms with Crippen molar-refractivity contribution < 1.29 is 14.1 Å². The summed E-state index contributed by atoms with van der Waals surface area (Å²) in [5, 5.41) is 0. The van der Waals surface area contributed by atoms with Gasteiger partial charge in [0.1, 0.15) is 0 Å². The fourth-order valence-electron chi connectivity index (χ4n) is 3.19. The molecule has 0 saturated carbocycles. The molecule has 1 aromatic rings. The molecule has 2 fully saturated rings. The van der Waals surface area contributed by atoms with Gasteiger partial charge in [-0.3, -0.25) is 4.79 Å². The Labute approximate surface area is 151 Å². The molecule has 5 nitrogen and oxygen atoms in total. The minimum absolute atomic E-state index is 0.0888. The Bertz CT molecular complexity index is 651. The highest BCUT2D eigenvalue weighted by molar-refractivity contribution is 6.62. The maximum Gasteiger partial charge on any atom is 0.495 e. The number of hydrogen-bond donors (Lipinski definition) is 0. The Balaban J connectivity index is 1.83. The number of benzene rings is 1. The quantitative estimate of drug-likeness (QED) is 0.766. The van der Waals surface area contributed by atoms with Gasteiger partial charge in [0.15, 0.2) is 0 Å². The van der Waals surface area contributed by atoms with Gasteiger partial charge in [-0.1, -0.05) is 11.6 Å². The van der Waals surface area contributed by atoms with E-state index in [9.17, 15) is 4.79 Å². The van der Waals surface area contributed by atoms with Crippen LogP contribution in [0.2, 0.25) is 0 Å². The smallest absolute Gasteiger partial charge is 0.399 e. The number of carbonyl (C=O) groups is 1. The van der Waals surface area contributed by atoms with Crippen LogP contribution in [0, 0.1) is 6.92 Å². The number of amides is 1. The summed E-state index contributed by atoms with van der Waals surface area (Å²) < 4.78 is 12.3. The van der Waals surface area contributed by atoms with Crippen LogP contribution in [0.4, 0.5) is 0 Å².